The predicted octanol–water partition coefficient (Wildman–Crippen LogP) is 1.98. The summed E-state index contributed by atoms with van der Waals surface area (Å²) in [6.45, 7) is 3.66. The highest BCUT2D eigenvalue weighted by Crippen LogP contribution is 2.14. The van der Waals surface area contributed by atoms with Crippen LogP contribution in [0.15, 0.2) is 12.7 Å². The summed E-state index contributed by atoms with van der Waals surface area (Å²) in [4.78, 5) is 0. The van der Waals surface area contributed by atoms with Crippen molar-refractivity contribution in [1.82, 2.24) is 0 Å². The highest BCUT2D eigenvalue weighted by molar-refractivity contribution is 5.11. The quantitative estimate of drug-likeness (QED) is 0.373. The first kappa shape index (κ1) is 5.44. The molecule has 1 aliphatic carbocycles. The monoisotopic (exact) mass is 106 g/mol. The van der Waals surface area contributed by atoms with E-state index in [1.165, 1.54) is 6.42 Å². The van der Waals surface area contributed by atoms with Gasteiger partial charge in [-0.1, -0.05) is 12.0 Å². The summed E-state index contributed by atoms with van der Waals surface area (Å²) in [5.41, 5.74) is 0. The summed E-state index contributed by atoms with van der Waals surface area (Å²) in [6.07, 6.45) is 5.35. The van der Waals surface area contributed by atoms with Crippen LogP contribution < -0.4 is 0 Å². The molecule has 0 nitrogen and oxygen atoms in total. The van der Waals surface area contributed by atoms with Crippen molar-refractivity contribution in [2.45, 2.75) is 19.3 Å². The molecule has 0 N–H and O–H groups in total. The Bertz CT molecular complexity index is 134. The zero-order chi connectivity index (χ0) is 5.82. The number of allylic oxidation sites excluding steroid dienone is 1. The number of hydrogen-bond acceptors (Lipinski definition) is 0. The Kier molecular flexibility index (Phi) is 1.75. The van der Waals surface area contributed by atoms with Gasteiger partial charge >= 0.3 is 0 Å². The second kappa shape index (κ2) is 2.57. The molecular formula is C8H10. The molecule has 0 radical (unpaired) electrons. The maximum atomic E-state index is 3.66. The largest absolute Gasteiger partial charge is 0.103 e. The summed E-state index contributed by atoms with van der Waals surface area (Å²) in [5, 5.41) is 0. The zero-order valence-corrected chi connectivity index (χ0v) is 4.98. The fraction of sp³-hybridized carbons (Fsp3) is 0.500. The van der Waals surface area contributed by atoms with E-state index < -0.39 is 0 Å². The van der Waals surface area contributed by atoms with E-state index in [1.54, 1.807) is 0 Å². The van der Waals surface area contributed by atoms with Crippen LogP contribution in [-0.2, 0) is 0 Å². The second-order valence-electron chi connectivity index (χ2n) is 2.08. The average Bonchev–Trinajstić information content (AvgIpc) is 2.19. The Labute approximate surface area is 50.6 Å². The molecular weight excluding hydrogens is 96.1 g/mol. The third-order valence-electron chi connectivity index (χ3n) is 1.38. The van der Waals surface area contributed by atoms with Gasteiger partial charge in [0.25, 0.3) is 0 Å². The number of rotatable bonds is 2. The molecule has 0 saturated carbocycles. The van der Waals surface area contributed by atoms with Crippen LogP contribution in [0.25, 0.3) is 0 Å². The molecule has 0 heterocycles. The molecule has 0 aromatic heterocycles. The van der Waals surface area contributed by atoms with Gasteiger partial charge in [0.2, 0.25) is 0 Å². The third kappa shape index (κ3) is 1.13. The highest BCUT2D eigenvalue weighted by atomic mass is 14.1. The van der Waals surface area contributed by atoms with Gasteiger partial charge in [0.15, 0.2) is 0 Å². The molecule has 0 aliphatic heterocycles. The van der Waals surface area contributed by atoms with E-state index in [4.69, 9.17) is 0 Å². The van der Waals surface area contributed by atoms with Gasteiger partial charge in [-0.3, -0.25) is 0 Å². The van der Waals surface area contributed by atoms with Gasteiger partial charge in [-0.15, -0.1) is 12.5 Å². The van der Waals surface area contributed by atoms with Gasteiger partial charge in [-0.2, -0.15) is 0 Å². The van der Waals surface area contributed by atoms with Crippen molar-refractivity contribution in [1.29, 1.82) is 0 Å². The first-order valence-corrected chi connectivity index (χ1v) is 3.03. The molecule has 0 fully saturated rings. The zero-order valence-electron chi connectivity index (χ0n) is 4.98. The molecule has 8 heavy (non-hydrogen) atoms. The summed E-state index contributed by atoms with van der Waals surface area (Å²) < 4.78 is 0. The first-order chi connectivity index (χ1) is 3.93. The minimum Gasteiger partial charge on any atom is -0.103 e. The molecule has 1 unspecified atom stereocenters. The Morgan fingerprint density at radius 2 is 2.62 bits per heavy atom. The van der Waals surface area contributed by atoms with E-state index in [2.05, 4.69) is 18.4 Å². The molecule has 0 spiro atoms. The van der Waals surface area contributed by atoms with Gasteiger partial charge in [-0.25, -0.2) is 0 Å². The van der Waals surface area contributed by atoms with Gasteiger partial charge in [0.05, 0.1) is 0 Å². The minimum absolute atomic E-state index is 0.632. The van der Waals surface area contributed by atoms with Crippen LogP contribution in [0.1, 0.15) is 19.3 Å². The Hall–Kier alpha value is -0.700. The Morgan fingerprint density at radius 3 is 3.12 bits per heavy atom. The van der Waals surface area contributed by atoms with Crippen molar-refractivity contribution in [3.05, 3.63) is 12.7 Å². The first-order valence-electron chi connectivity index (χ1n) is 3.03. The van der Waals surface area contributed by atoms with Crippen molar-refractivity contribution < 1.29 is 0 Å². The molecule has 0 aromatic carbocycles. The summed E-state index contributed by atoms with van der Waals surface area (Å²) in [5.74, 6) is 6.83. The van der Waals surface area contributed by atoms with E-state index in [0.29, 0.717) is 5.92 Å². The number of hydrogen-bond donors (Lipinski definition) is 0. The molecule has 0 saturated heterocycles. The predicted molar refractivity (Wildman–Crippen MR) is 35.3 cm³/mol. The fourth-order valence-corrected chi connectivity index (χ4v) is 0.913. The fourth-order valence-electron chi connectivity index (χ4n) is 0.913. The van der Waals surface area contributed by atoms with Crippen LogP contribution >= 0.6 is 0 Å². The molecule has 0 heteroatoms. The normalized spacial score (nSPS) is 24.2. The Morgan fingerprint density at radius 1 is 1.75 bits per heavy atom. The van der Waals surface area contributed by atoms with Crippen LogP contribution in [0, 0.1) is 17.8 Å². The van der Waals surface area contributed by atoms with Crippen LogP contribution in [0.4, 0.5) is 0 Å². The molecule has 0 bridgehead atoms. The van der Waals surface area contributed by atoms with Crippen molar-refractivity contribution in [3.63, 3.8) is 0 Å². The van der Waals surface area contributed by atoms with Crippen molar-refractivity contribution in [3.8, 4) is 11.8 Å². The van der Waals surface area contributed by atoms with Crippen LogP contribution in [0.3, 0.4) is 0 Å². The van der Waals surface area contributed by atoms with Crippen LogP contribution in [-0.4, -0.2) is 0 Å². The molecule has 0 aromatic rings. The summed E-state index contributed by atoms with van der Waals surface area (Å²) in [6, 6.07) is 0. The van der Waals surface area contributed by atoms with Gasteiger partial charge in [0, 0.05) is 12.3 Å². The second-order valence-corrected chi connectivity index (χ2v) is 2.08. The lowest BCUT2D eigenvalue weighted by Gasteiger charge is -1.97. The topological polar surface area (TPSA) is 0 Å². The minimum atomic E-state index is 0.632. The third-order valence-corrected chi connectivity index (χ3v) is 1.38. The highest BCUT2D eigenvalue weighted by Gasteiger charge is 2.04. The van der Waals surface area contributed by atoms with Gasteiger partial charge in [-0.05, 0) is 12.8 Å². The summed E-state index contributed by atoms with van der Waals surface area (Å²) >= 11 is 0. The van der Waals surface area contributed by atoms with E-state index in [9.17, 15) is 0 Å². The Balaban J connectivity index is 2.29. The molecule has 42 valence electrons. The average molecular weight is 106 g/mol. The van der Waals surface area contributed by atoms with Crippen LogP contribution in [0.5, 0.6) is 0 Å². The van der Waals surface area contributed by atoms with Gasteiger partial charge < -0.3 is 0 Å². The standard InChI is InChI=1S/C8H10/c1-2-5-8-6-3-4-7-8/h2,8H,1,3,5-6H2. The van der Waals surface area contributed by atoms with E-state index >= 15 is 0 Å². The lowest BCUT2D eigenvalue weighted by atomic mass is 10.1. The maximum Gasteiger partial charge on any atom is 0.0246 e. The van der Waals surface area contributed by atoms with Crippen LogP contribution in [0.2, 0.25) is 0 Å². The SMILES string of the molecule is C=CCC1C#CCC1. The maximum absolute atomic E-state index is 3.66. The summed E-state index contributed by atoms with van der Waals surface area (Å²) in [7, 11) is 0. The molecule has 0 amide bonds. The van der Waals surface area contributed by atoms with Crippen molar-refractivity contribution >= 4 is 0 Å². The van der Waals surface area contributed by atoms with Crippen molar-refractivity contribution in [2.24, 2.45) is 5.92 Å². The van der Waals surface area contributed by atoms with E-state index in [1.807, 2.05) is 6.08 Å². The van der Waals surface area contributed by atoms with Gasteiger partial charge in [0.1, 0.15) is 0 Å². The molecule has 1 atom stereocenters. The smallest absolute Gasteiger partial charge is 0.0246 e. The lowest BCUT2D eigenvalue weighted by molar-refractivity contribution is 0.657. The van der Waals surface area contributed by atoms with E-state index in [-0.39, 0.29) is 0 Å². The molecule has 1 aliphatic rings. The van der Waals surface area contributed by atoms with E-state index in [0.717, 1.165) is 12.8 Å². The van der Waals surface area contributed by atoms with Crippen molar-refractivity contribution in [2.75, 3.05) is 0 Å². The lowest BCUT2D eigenvalue weighted by Crippen LogP contribution is -1.87. The molecule has 1 rings (SSSR count).